The van der Waals surface area contributed by atoms with Crippen molar-refractivity contribution in [2.45, 2.75) is 13.0 Å². The molecule has 1 fully saturated rings. The first-order valence-corrected chi connectivity index (χ1v) is 10.9. The lowest BCUT2D eigenvalue weighted by Crippen LogP contribution is -2.57. The molecule has 2 amide bonds. The lowest BCUT2D eigenvalue weighted by molar-refractivity contribution is -0.145. The number of carbonyl (C=O) groups excluding carboxylic acids is 2. The maximum absolute atomic E-state index is 14.7. The SMILES string of the molecule is CC(N)C(=O)OCCOc1cc(F)c(N2CCN(C3=NC4=CN(C)CN4C(=O)N3)CC2)c(F)c1. The van der Waals surface area contributed by atoms with Crippen LogP contribution in [0.2, 0.25) is 0 Å². The number of ether oxygens (including phenoxy) is 2. The molecule has 3 aliphatic rings. The van der Waals surface area contributed by atoms with Gasteiger partial charge in [0.25, 0.3) is 0 Å². The van der Waals surface area contributed by atoms with Crippen molar-refractivity contribution in [1.29, 1.82) is 0 Å². The molecule has 3 aliphatic heterocycles. The van der Waals surface area contributed by atoms with Crippen molar-refractivity contribution in [3.8, 4) is 5.75 Å². The molecule has 0 bridgehead atoms. The number of fused-ring (bicyclic) bond motifs is 1. The van der Waals surface area contributed by atoms with Crippen LogP contribution < -0.4 is 20.7 Å². The summed E-state index contributed by atoms with van der Waals surface area (Å²) in [7, 11) is 1.85. The van der Waals surface area contributed by atoms with Crippen molar-refractivity contribution in [1.82, 2.24) is 20.0 Å². The number of urea groups is 1. The summed E-state index contributed by atoms with van der Waals surface area (Å²) in [6.07, 6.45) is 1.78. The van der Waals surface area contributed by atoms with Gasteiger partial charge in [0.1, 0.15) is 37.4 Å². The van der Waals surface area contributed by atoms with Gasteiger partial charge in [-0.05, 0) is 6.92 Å². The number of amides is 2. The van der Waals surface area contributed by atoms with E-state index in [9.17, 15) is 18.4 Å². The molecule has 34 heavy (non-hydrogen) atoms. The number of rotatable bonds is 6. The predicted octanol–water partition coefficient (Wildman–Crippen LogP) is 0.439. The molecule has 4 rings (SSSR count). The van der Waals surface area contributed by atoms with Crippen molar-refractivity contribution >= 4 is 23.6 Å². The van der Waals surface area contributed by atoms with Gasteiger partial charge in [-0.3, -0.25) is 15.0 Å². The number of esters is 1. The lowest BCUT2D eigenvalue weighted by atomic mass is 10.2. The minimum Gasteiger partial charge on any atom is -0.490 e. The van der Waals surface area contributed by atoms with E-state index >= 15 is 0 Å². The maximum Gasteiger partial charge on any atom is 0.331 e. The maximum atomic E-state index is 14.7. The van der Waals surface area contributed by atoms with Gasteiger partial charge in [0.05, 0.1) is 0 Å². The molecule has 0 aliphatic carbocycles. The number of aliphatic imine (C=N–C) groups is 1. The fraction of sp³-hybridized carbons (Fsp3) is 0.476. The van der Waals surface area contributed by atoms with E-state index in [2.05, 4.69) is 10.3 Å². The summed E-state index contributed by atoms with van der Waals surface area (Å²) >= 11 is 0. The van der Waals surface area contributed by atoms with Gasteiger partial charge >= 0.3 is 12.0 Å². The quantitative estimate of drug-likeness (QED) is 0.446. The molecule has 1 saturated heterocycles. The number of benzene rings is 1. The highest BCUT2D eigenvalue weighted by molar-refractivity contribution is 5.99. The van der Waals surface area contributed by atoms with Crippen LogP contribution >= 0.6 is 0 Å². The molecule has 184 valence electrons. The Morgan fingerprint density at radius 2 is 1.82 bits per heavy atom. The monoisotopic (exact) mass is 479 g/mol. The number of anilines is 1. The fourth-order valence-corrected chi connectivity index (χ4v) is 3.81. The number of nitrogens with one attached hydrogen (secondary N) is 1. The topological polar surface area (TPSA) is 116 Å². The van der Waals surface area contributed by atoms with E-state index in [0.29, 0.717) is 44.6 Å². The first kappa shape index (κ1) is 23.5. The third kappa shape index (κ3) is 4.98. The van der Waals surface area contributed by atoms with E-state index in [0.717, 1.165) is 12.1 Å². The van der Waals surface area contributed by atoms with Crippen molar-refractivity contribution in [3.05, 3.63) is 35.8 Å². The van der Waals surface area contributed by atoms with Crippen LogP contribution in [-0.4, -0.2) is 91.8 Å². The number of hydrogen-bond donors (Lipinski definition) is 2. The van der Waals surface area contributed by atoms with Crippen LogP contribution in [0.15, 0.2) is 29.1 Å². The Morgan fingerprint density at radius 1 is 1.18 bits per heavy atom. The summed E-state index contributed by atoms with van der Waals surface area (Å²) in [4.78, 5) is 35.0. The summed E-state index contributed by atoms with van der Waals surface area (Å²) in [5.41, 5.74) is 5.24. The number of carbonyl (C=O) groups is 2. The second-order valence-electron chi connectivity index (χ2n) is 8.19. The van der Waals surface area contributed by atoms with E-state index in [1.54, 1.807) is 11.1 Å². The van der Waals surface area contributed by atoms with Crippen molar-refractivity contribution in [3.63, 3.8) is 0 Å². The van der Waals surface area contributed by atoms with Crippen molar-refractivity contribution in [2.24, 2.45) is 10.7 Å². The Labute approximate surface area is 195 Å². The van der Waals surface area contributed by atoms with E-state index in [1.807, 2.05) is 16.8 Å². The van der Waals surface area contributed by atoms with Gasteiger partial charge < -0.3 is 29.9 Å². The summed E-state index contributed by atoms with van der Waals surface area (Å²) < 4.78 is 39.7. The highest BCUT2D eigenvalue weighted by Gasteiger charge is 2.33. The van der Waals surface area contributed by atoms with Crippen LogP contribution in [0.5, 0.6) is 5.75 Å². The zero-order valence-electron chi connectivity index (χ0n) is 19.0. The number of guanidine groups is 1. The minimum absolute atomic E-state index is 0.00661. The molecule has 1 unspecified atom stereocenters. The lowest BCUT2D eigenvalue weighted by Gasteiger charge is -2.39. The number of piperazine rings is 1. The Kier molecular flexibility index (Phi) is 6.72. The molecule has 0 radical (unpaired) electrons. The molecule has 13 heteroatoms. The Bertz CT molecular complexity index is 1000. The Morgan fingerprint density at radius 3 is 2.47 bits per heavy atom. The normalized spacial score (nSPS) is 18.8. The molecular formula is C21H27F2N7O4. The third-order valence-corrected chi connectivity index (χ3v) is 5.52. The van der Waals surface area contributed by atoms with Gasteiger partial charge in [-0.2, -0.15) is 4.99 Å². The van der Waals surface area contributed by atoms with E-state index in [4.69, 9.17) is 15.2 Å². The highest BCUT2D eigenvalue weighted by atomic mass is 19.1. The second kappa shape index (κ2) is 9.71. The number of nitrogens with zero attached hydrogens (tertiary/aromatic N) is 5. The molecule has 0 aromatic heterocycles. The average Bonchev–Trinajstić information content (AvgIpc) is 3.17. The molecule has 0 saturated carbocycles. The fourth-order valence-electron chi connectivity index (χ4n) is 3.81. The molecule has 1 atom stereocenters. The zero-order chi connectivity index (χ0) is 24.4. The summed E-state index contributed by atoms with van der Waals surface area (Å²) in [6.45, 7) is 3.28. The van der Waals surface area contributed by atoms with Gasteiger partial charge in [-0.15, -0.1) is 0 Å². The molecule has 3 heterocycles. The van der Waals surface area contributed by atoms with Crippen LogP contribution in [0, 0.1) is 11.6 Å². The number of hydrogen-bond acceptors (Lipinski definition) is 9. The summed E-state index contributed by atoms with van der Waals surface area (Å²) in [5.74, 6) is -1.12. The van der Waals surface area contributed by atoms with Crippen LogP contribution in [0.4, 0.5) is 19.3 Å². The number of nitrogens with two attached hydrogens (primary N) is 1. The van der Waals surface area contributed by atoms with Crippen LogP contribution in [-0.2, 0) is 9.53 Å². The molecule has 1 aromatic carbocycles. The highest BCUT2D eigenvalue weighted by Crippen LogP contribution is 2.29. The van der Waals surface area contributed by atoms with Gasteiger partial charge in [-0.25, -0.2) is 13.6 Å². The Balaban J connectivity index is 1.34. The summed E-state index contributed by atoms with van der Waals surface area (Å²) in [6, 6.07) is 1.18. The predicted molar refractivity (Wildman–Crippen MR) is 119 cm³/mol. The first-order valence-electron chi connectivity index (χ1n) is 10.9. The Hall–Kier alpha value is -3.61. The zero-order valence-corrected chi connectivity index (χ0v) is 19.0. The molecule has 11 nitrogen and oxygen atoms in total. The van der Waals surface area contributed by atoms with E-state index < -0.39 is 23.6 Å². The van der Waals surface area contributed by atoms with Gasteiger partial charge in [0, 0.05) is 51.6 Å². The van der Waals surface area contributed by atoms with E-state index in [1.165, 1.54) is 11.8 Å². The molecule has 0 spiro atoms. The smallest absolute Gasteiger partial charge is 0.331 e. The van der Waals surface area contributed by atoms with Crippen molar-refractivity contribution in [2.75, 3.05) is 58.0 Å². The van der Waals surface area contributed by atoms with Gasteiger partial charge in [0.2, 0.25) is 5.96 Å². The second-order valence-corrected chi connectivity index (χ2v) is 8.19. The molecule has 1 aromatic rings. The largest absolute Gasteiger partial charge is 0.490 e. The van der Waals surface area contributed by atoms with Gasteiger partial charge in [0.15, 0.2) is 17.5 Å². The first-order chi connectivity index (χ1) is 16.2. The third-order valence-electron chi connectivity index (χ3n) is 5.52. The average molecular weight is 479 g/mol. The minimum atomic E-state index is -0.757. The van der Waals surface area contributed by atoms with Crippen molar-refractivity contribution < 1.29 is 27.8 Å². The standard InChI is InChI=1S/C21H27F2N7O4/c1-13(24)19(31)34-8-7-33-14-9-15(22)18(16(23)10-14)28-3-5-29(6-4-28)20-25-17-11-27(2)12-30(17)21(32)26-20/h9-11,13H,3-8,12,24H2,1-2H3,(H,25,26,32). The van der Waals surface area contributed by atoms with Gasteiger partial charge in [-0.1, -0.05) is 0 Å². The molecule has 3 N–H and O–H groups in total. The number of halogens is 2. The van der Waals surface area contributed by atoms with Crippen LogP contribution in [0.25, 0.3) is 0 Å². The van der Waals surface area contributed by atoms with Crippen LogP contribution in [0.3, 0.4) is 0 Å². The molecular weight excluding hydrogens is 452 g/mol. The van der Waals surface area contributed by atoms with E-state index in [-0.39, 0.29) is 30.7 Å². The van der Waals surface area contributed by atoms with Crippen LogP contribution in [0.1, 0.15) is 6.92 Å². The summed E-state index contributed by atoms with van der Waals surface area (Å²) in [5, 5.41) is 2.77.